The van der Waals surface area contributed by atoms with E-state index < -0.39 is 0 Å². The van der Waals surface area contributed by atoms with Crippen molar-refractivity contribution in [2.75, 3.05) is 0 Å². The van der Waals surface area contributed by atoms with Crippen molar-refractivity contribution in [3.63, 3.8) is 0 Å². The highest BCUT2D eigenvalue weighted by Gasteiger charge is 2.05. The van der Waals surface area contributed by atoms with Crippen LogP contribution in [-0.2, 0) is 11.5 Å². The van der Waals surface area contributed by atoms with Crippen molar-refractivity contribution in [2.45, 2.75) is 20.5 Å². The molecule has 94 valence electrons. The molecule has 2 aromatic rings. The molecule has 0 heterocycles. The van der Waals surface area contributed by atoms with Crippen LogP contribution in [0.4, 0.5) is 0 Å². The number of ether oxygens (including phenoxy) is 1. The minimum Gasteiger partial charge on any atom is -0.457 e. The second kappa shape index (κ2) is 5.67. The Kier molecular flexibility index (Phi) is 3.97. The Morgan fingerprint density at radius 3 is 2.28 bits per heavy atom. The number of aryl methyl sites for hydroxylation is 2. The van der Waals surface area contributed by atoms with Crippen molar-refractivity contribution in [3.05, 3.63) is 59.2 Å². The molecule has 0 atom stereocenters. The molecule has 0 aromatic heterocycles. The smallest absolute Gasteiger partial charge is 0.133 e. The maximum absolute atomic E-state index is 8.58. The molecule has 3 heteroatoms. The first-order chi connectivity index (χ1) is 8.69. The minimum atomic E-state index is 0.114. The molecule has 0 radical (unpaired) electrons. The van der Waals surface area contributed by atoms with E-state index in [4.69, 9.17) is 9.99 Å². The SMILES string of the molecule is Cc1ccc(Oc2ccc(C)cc2COO)cc1. The van der Waals surface area contributed by atoms with Gasteiger partial charge in [0.25, 0.3) is 0 Å². The summed E-state index contributed by atoms with van der Waals surface area (Å²) in [5.41, 5.74) is 3.10. The first-order valence-electron chi connectivity index (χ1n) is 5.79. The lowest BCUT2D eigenvalue weighted by Crippen LogP contribution is -1.94. The van der Waals surface area contributed by atoms with Gasteiger partial charge in [0.1, 0.15) is 18.1 Å². The van der Waals surface area contributed by atoms with Crippen molar-refractivity contribution in [3.8, 4) is 11.5 Å². The Hall–Kier alpha value is -1.84. The quantitative estimate of drug-likeness (QED) is 0.650. The van der Waals surface area contributed by atoms with E-state index in [1.165, 1.54) is 5.56 Å². The Balaban J connectivity index is 2.25. The van der Waals surface area contributed by atoms with Gasteiger partial charge in [-0.2, -0.15) is 0 Å². The molecular formula is C15H16O3. The topological polar surface area (TPSA) is 38.7 Å². The van der Waals surface area contributed by atoms with E-state index in [0.717, 1.165) is 16.9 Å². The highest BCUT2D eigenvalue weighted by molar-refractivity contribution is 5.40. The van der Waals surface area contributed by atoms with Crippen LogP contribution in [0.25, 0.3) is 0 Å². The van der Waals surface area contributed by atoms with E-state index in [1.807, 2.05) is 56.3 Å². The molecule has 0 saturated carbocycles. The lowest BCUT2D eigenvalue weighted by Gasteiger charge is -2.11. The molecule has 1 N–H and O–H groups in total. The summed E-state index contributed by atoms with van der Waals surface area (Å²) in [5, 5.41) is 8.58. The maximum atomic E-state index is 8.58. The highest BCUT2D eigenvalue weighted by Crippen LogP contribution is 2.27. The molecule has 0 saturated heterocycles. The minimum absolute atomic E-state index is 0.114. The average molecular weight is 244 g/mol. The van der Waals surface area contributed by atoms with Gasteiger partial charge in [-0.05, 0) is 38.1 Å². The van der Waals surface area contributed by atoms with Crippen molar-refractivity contribution >= 4 is 0 Å². The molecular weight excluding hydrogens is 228 g/mol. The molecule has 0 aliphatic carbocycles. The summed E-state index contributed by atoms with van der Waals surface area (Å²) in [6.45, 7) is 4.13. The fourth-order valence-electron chi connectivity index (χ4n) is 1.72. The van der Waals surface area contributed by atoms with E-state index >= 15 is 0 Å². The standard InChI is InChI=1S/C15H16O3/c1-11-3-6-14(7-4-11)18-15-8-5-12(2)9-13(15)10-17-16/h3-9,16H,10H2,1-2H3. The van der Waals surface area contributed by atoms with Crippen LogP contribution in [0.15, 0.2) is 42.5 Å². The first kappa shape index (κ1) is 12.6. The van der Waals surface area contributed by atoms with Crippen LogP contribution < -0.4 is 4.74 Å². The largest absolute Gasteiger partial charge is 0.457 e. The average Bonchev–Trinajstić information content (AvgIpc) is 2.36. The summed E-state index contributed by atoms with van der Waals surface area (Å²) >= 11 is 0. The third-order valence-corrected chi connectivity index (χ3v) is 2.68. The van der Waals surface area contributed by atoms with E-state index in [1.54, 1.807) is 0 Å². The third-order valence-electron chi connectivity index (χ3n) is 2.68. The molecule has 0 aliphatic rings. The van der Waals surface area contributed by atoms with Gasteiger partial charge in [-0.3, -0.25) is 5.26 Å². The van der Waals surface area contributed by atoms with Crippen molar-refractivity contribution in [2.24, 2.45) is 0 Å². The van der Waals surface area contributed by atoms with Gasteiger partial charge in [0, 0.05) is 5.56 Å². The summed E-state index contributed by atoms with van der Waals surface area (Å²) in [7, 11) is 0. The van der Waals surface area contributed by atoms with Gasteiger partial charge < -0.3 is 4.74 Å². The molecule has 3 nitrogen and oxygen atoms in total. The molecule has 0 spiro atoms. The van der Waals surface area contributed by atoms with Gasteiger partial charge in [0.2, 0.25) is 0 Å². The normalized spacial score (nSPS) is 10.4. The zero-order valence-electron chi connectivity index (χ0n) is 10.5. The second-order valence-electron chi connectivity index (χ2n) is 4.30. The Morgan fingerprint density at radius 2 is 1.61 bits per heavy atom. The van der Waals surface area contributed by atoms with E-state index in [2.05, 4.69) is 4.89 Å². The molecule has 0 aliphatic heterocycles. The van der Waals surface area contributed by atoms with Gasteiger partial charge in [0.05, 0.1) is 0 Å². The van der Waals surface area contributed by atoms with Crippen LogP contribution >= 0.6 is 0 Å². The predicted octanol–water partition coefficient (Wildman–Crippen LogP) is 4.09. The molecule has 0 unspecified atom stereocenters. The van der Waals surface area contributed by atoms with Gasteiger partial charge >= 0.3 is 0 Å². The molecule has 2 rings (SSSR count). The summed E-state index contributed by atoms with van der Waals surface area (Å²) in [4.78, 5) is 4.20. The number of hydrogen-bond donors (Lipinski definition) is 1. The molecule has 0 amide bonds. The fourth-order valence-corrected chi connectivity index (χ4v) is 1.72. The summed E-state index contributed by atoms with van der Waals surface area (Å²) in [6, 6.07) is 13.6. The van der Waals surface area contributed by atoms with Crippen molar-refractivity contribution in [1.29, 1.82) is 0 Å². The van der Waals surface area contributed by atoms with Crippen LogP contribution in [0, 0.1) is 13.8 Å². The van der Waals surface area contributed by atoms with Crippen LogP contribution in [-0.4, -0.2) is 5.26 Å². The fraction of sp³-hybridized carbons (Fsp3) is 0.200. The van der Waals surface area contributed by atoms with E-state index in [9.17, 15) is 0 Å². The third kappa shape index (κ3) is 3.09. The van der Waals surface area contributed by atoms with Crippen LogP contribution in [0.5, 0.6) is 11.5 Å². The Bertz CT molecular complexity index is 518. The monoisotopic (exact) mass is 244 g/mol. The number of benzene rings is 2. The zero-order valence-corrected chi connectivity index (χ0v) is 10.5. The molecule has 18 heavy (non-hydrogen) atoms. The van der Waals surface area contributed by atoms with E-state index in [-0.39, 0.29) is 6.61 Å². The maximum Gasteiger partial charge on any atom is 0.133 e. The molecule has 2 aromatic carbocycles. The summed E-state index contributed by atoms with van der Waals surface area (Å²) in [6.07, 6.45) is 0. The highest BCUT2D eigenvalue weighted by atomic mass is 17.1. The number of hydrogen-bond acceptors (Lipinski definition) is 3. The van der Waals surface area contributed by atoms with Crippen LogP contribution in [0.3, 0.4) is 0 Å². The van der Waals surface area contributed by atoms with Crippen LogP contribution in [0.2, 0.25) is 0 Å². The summed E-state index contributed by atoms with van der Waals surface area (Å²) < 4.78 is 5.78. The zero-order chi connectivity index (χ0) is 13.0. The number of rotatable bonds is 4. The first-order valence-corrected chi connectivity index (χ1v) is 5.79. The van der Waals surface area contributed by atoms with Gasteiger partial charge in [-0.25, -0.2) is 4.89 Å². The second-order valence-corrected chi connectivity index (χ2v) is 4.30. The van der Waals surface area contributed by atoms with Gasteiger partial charge in [-0.15, -0.1) is 0 Å². The Morgan fingerprint density at radius 1 is 0.944 bits per heavy atom. The lowest BCUT2D eigenvalue weighted by molar-refractivity contribution is -0.253. The molecule has 0 bridgehead atoms. The van der Waals surface area contributed by atoms with Crippen LogP contribution in [0.1, 0.15) is 16.7 Å². The van der Waals surface area contributed by atoms with Gasteiger partial charge in [0.15, 0.2) is 0 Å². The Labute approximate surface area is 107 Å². The summed E-state index contributed by atoms with van der Waals surface area (Å²) in [5.74, 6) is 1.46. The van der Waals surface area contributed by atoms with Crippen molar-refractivity contribution < 1.29 is 14.9 Å². The lowest BCUT2D eigenvalue weighted by atomic mass is 10.1. The molecule has 0 fully saturated rings. The van der Waals surface area contributed by atoms with E-state index in [0.29, 0.717) is 5.75 Å². The van der Waals surface area contributed by atoms with Gasteiger partial charge in [-0.1, -0.05) is 29.3 Å². The predicted molar refractivity (Wildman–Crippen MR) is 69.8 cm³/mol. The van der Waals surface area contributed by atoms with Crippen molar-refractivity contribution in [1.82, 2.24) is 0 Å².